The van der Waals surface area contributed by atoms with E-state index in [1.54, 1.807) is 0 Å². The summed E-state index contributed by atoms with van der Waals surface area (Å²) in [6.07, 6.45) is 1.38. The zero-order valence-electron chi connectivity index (χ0n) is 11.3. The normalized spacial score (nSPS) is 16.2. The number of halogens is 2. The Balaban J connectivity index is 1.64. The van der Waals surface area contributed by atoms with Gasteiger partial charge in [-0.25, -0.2) is 0 Å². The first-order valence-corrected chi connectivity index (χ1v) is 6.79. The van der Waals surface area contributed by atoms with Crippen molar-refractivity contribution in [3.05, 3.63) is 65.2 Å². The van der Waals surface area contributed by atoms with Gasteiger partial charge in [0.05, 0.1) is 0 Å². The molecule has 108 valence electrons. The molecule has 0 saturated heterocycles. The third-order valence-electron chi connectivity index (χ3n) is 3.79. The monoisotopic (exact) mass is 288 g/mol. The molecule has 0 aliphatic heterocycles. The molecule has 1 aliphatic carbocycles. The second-order valence-electron chi connectivity index (χ2n) is 5.13. The summed E-state index contributed by atoms with van der Waals surface area (Å²) in [5.41, 5.74) is 3.07. The summed E-state index contributed by atoms with van der Waals surface area (Å²) in [4.78, 5) is 12.2. The SMILES string of the molecule is O=C(CC1Cc2ccccc21)c1ccc(OC(F)F)cc1. The third-order valence-corrected chi connectivity index (χ3v) is 3.79. The molecular formula is C17H14F2O2. The van der Waals surface area contributed by atoms with Crippen molar-refractivity contribution in [2.75, 3.05) is 0 Å². The number of hydrogen-bond acceptors (Lipinski definition) is 2. The van der Waals surface area contributed by atoms with E-state index in [-0.39, 0.29) is 17.5 Å². The van der Waals surface area contributed by atoms with Crippen molar-refractivity contribution in [1.82, 2.24) is 0 Å². The van der Waals surface area contributed by atoms with Crippen LogP contribution < -0.4 is 4.74 Å². The predicted molar refractivity (Wildman–Crippen MR) is 74.9 cm³/mol. The Hall–Kier alpha value is -2.23. The van der Waals surface area contributed by atoms with E-state index in [4.69, 9.17) is 0 Å². The van der Waals surface area contributed by atoms with E-state index in [1.807, 2.05) is 12.1 Å². The van der Waals surface area contributed by atoms with E-state index in [1.165, 1.54) is 35.4 Å². The lowest BCUT2D eigenvalue weighted by Gasteiger charge is -2.29. The molecule has 0 fully saturated rings. The maximum Gasteiger partial charge on any atom is 0.387 e. The Morgan fingerprint density at radius 3 is 2.52 bits per heavy atom. The molecule has 0 spiro atoms. The summed E-state index contributed by atoms with van der Waals surface area (Å²) < 4.78 is 28.4. The summed E-state index contributed by atoms with van der Waals surface area (Å²) in [6, 6.07) is 14.0. The molecule has 0 radical (unpaired) electrons. The van der Waals surface area contributed by atoms with Gasteiger partial charge in [-0.05, 0) is 47.7 Å². The lowest BCUT2D eigenvalue weighted by atomic mass is 9.74. The topological polar surface area (TPSA) is 26.3 Å². The van der Waals surface area contributed by atoms with Crippen molar-refractivity contribution < 1.29 is 18.3 Å². The van der Waals surface area contributed by atoms with Crippen molar-refractivity contribution in [1.29, 1.82) is 0 Å². The molecule has 1 atom stereocenters. The summed E-state index contributed by atoms with van der Waals surface area (Å²) in [7, 11) is 0. The fraction of sp³-hybridized carbons (Fsp3) is 0.235. The van der Waals surface area contributed by atoms with Crippen LogP contribution in [0.15, 0.2) is 48.5 Å². The van der Waals surface area contributed by atoms with Crippen LogP contribution in [0.4, 0.5) is 8.78 Å². The molecule has 4 heteroatoms. The highest BCUT2D eigenvalue weighted by Crippen LogP contribution is 2.37. The number of Topliss-reactive ketones (excluding diaryl/α,β-unsaturated/α-hetero) is 1. The van der Waals surface area contributed by atoms with Crippen molar-refractivity contribution in [2.45, 2.75) is 25.4 Å². The smallest absolute Gasteiger partial charge is 0.387 e. The van der Waals surface area contributed by atoms with Gasteiger partial charge in [0.1, 0.15) is 5.75 Å². The van der Waals surface area contributed by atoms with Gasteiger partial charge in [-0.3, -0.25) is 4.79 Å². The van der Waals surface area contributed by atoms with Crippen LogP contribution in [0.3, 0.4) is 0 Å². The van der Waals surface area contributed by atoms with Gasteiger partial charge in [0, 0.05) is 12.0 Å². The lowest BCUT2D eigenvalue weighted by molar-refractivity contribution is -0.0498. The second kappa shape index (κ2) is 5.64. The Labute approximate surface area is 121 Å². The molecule has 21 heavy (non-hydrogen) atoms. The Morgan fingerprint density at radius 2 is 1.86 bits per heavy atom. The molecule has 1 aliphatic rings. The summed E-state index contributed by atoms with van der Waals surface area (Å²) in [5, 5.41) is 0. The molecule has 3 rings (SSSR count). The number of carbonyl (C=O) groups excluding carboxylic acids is 1. The summed E-state index contributed by atoms with van der Waals surface area (Å²) in [6.45, 7) is -2.85. The van der Waals surface area contributed by atoms with Crippen LogP contribution in [0.2, 0.25) is 0 Å². The van der Waals surface area contributed by atoms with Crippen LogP contribution in [0.1, 0.15) is 33.8 Å². The first-order chi connectivity index (χ1) is 10.1. The second-order valence-corrected chi connectivity index (χ2v) is 5.13. The first kappa shape index (κ1) is 13.7. The molecule has 0 saturated carbocycles. The molecule has 0 N–H and O–H groups in total. The van der Waals surface area contributed by atoms with Crippen LogP contribution in [-0.2, 0) is 6.42 Å². The maximum atomic E-state index is 12.2. The van der Waals surface area contributed by atoms with Crippen LogP contribution in [-0.4, -0.2) is 12.4 Å². The standard InChI is InChI=1S/C17H14F2O2/c18-17(19)21-14-7-5-11(6-8-14)16(20)10-13-9-12-3-1-2-4-15(12)13/h1-8,13,17H,9-10H2. The van der Waals surface area contributed by atoms with Crippen molar-refractivity contribution in [3.8, 4) is 5.75 Å². The Bertz CT molecular complexity index is 650. The average Bonchev–Trinajstić information content (AvgIpc) is 2.45. The number of benzene rings is 2. The van der Waals surface area contributed by atoms with E-state index >= 15 is 0 Å². The van der Waals surface area contributed by atoms with Crippen LogP contribution in [0, 0.1) is 0 Å². The van der Waals surface area contributed by atoms with Crippen molar-refractivity contribution in [3.63, 3.8) is 0 Å². The average molecular weight is 288 g/mol. The number of hydrogen-bond donors (Lipinski definition) is 0. The minimum atomic E-state index is -2.85. The highest BCUT2D eigenvalue weighted by molar-refractivity contribution is 5.96. The van der Waals surface area contributed by atoms with Gasteiger partial charge in [0.25, 0.3) is 0 Å². The minimum absolute atomic E-state index is 0.0260. The fourth-order valence-corrected chi connectivity index (χ4v) is 2.71. The van der Waals surface area contributed by atoms with Gasteiger partial charge in [-0.15, -0.1) is 0 Å². The first-order valence-electron chi connectivity index (χ1n) is 6.79. The minimum Gasteiger partial charge on any atom is -0.435 e. The van der Waals surface area contributed by atoms with Crippen LogP contribution in [0.5, 0.6) is 5.75 Å². The van der Waals surface area contributed by atoms with E-state index < -0.39 is 6.61 Å². The quantitative estimate of drug-likeness (QED) is 0.771. The summed E-state index contributed by atoms with van der Waals surface area (Å²) in [5.74, 6) is 0.360. The maximum absolute atomic E-state index is 12.2. The largest absolute Gasteiger partial charge is 0.435 e. The van der Waals surface area contributed by atoms with Gasteiger partial charge in [-0.2, -0.15) is 8.78 Å². The fourth-order valence-electron chi connectivity index (χ4n) is 2.71. The Morgan fingerprint density at radius 1 is 1.14 bits per heavy atom. The van der Waals surface area contributed by atoms with Gasteiger partial charge < -0.3 is 4.74 Å². The number of ketones is 1. The highest BCUT2D eigenvalue weighted by atomic mass is 19.3. The van der Waals surface area contributed by atoms with E-state index in [9.17, 15) is 13.6 Å². The van der Waals surface area contributed by atoms with Crippen molar-refractivity contribution >= 4 is 5.78 Å². The highest BCUT2D eigenvalue weighted by Gasteiger charge is 2.27. The van der Waals surface area contributed by atoms with Crippen LogP contribution >= 0.6 is 0 Å². The van der Waals surface area contributed by atoms with Gasteiger partial charge in [0.2, 0.25) is 0 Å². The zero-order chi connectivity index (χ0) is 14.8. The van der Waals surface area contributed by atoms with E-state index in [0.29, 0.717) is 12.0 Å². The molecule has 0 heterocycles. The molecule has 0 bridgehead atoms. The van der Waals surface area contributed by atoms with Gasteiger partial charge >= 0.3 is 6.61 Å². The van der Waals surface area contributed by atoms with Crippen molar-refractivity contribution in [2.24, 2.45) is 0 Å². The number of alkyl halides is 2. The third kappa shape index (κ3) is 2.94. The lowest BCUT2D eigenvalue weighted by Crippen LogP contribution is -2.20. The molecule has 2 aromatic rings. The molecule has 1 unspecified atom stereocenters. The van der Waals surface area contributed by atoms with Gasteiger partial charge in [0.15, 0.2) is 5.78 Å². The Kier molecular flexibility index (Phi) is 3.69. The predicted octanol–water partition coefficient (Wildman–Crippen LogP) is 4.20. The molecule has 0 amide bonds. The van der Waals surface area contributed by atoms with Gasteiger partial charge in [-0.1, -0.05) is 24.3 Å². The number of ether oxygens (including phenoxy) is 1. The molecule has 0 aromatic heterocycles. The zero-order valence-corrected chi connectivity index (χ0v) is 11.3. The molecule has 2 aromatic carbocycles. The molecule has 2 nitrogen and oxygen atoms in total. The number of carbonyl (C=O) groups is 1. The van der Waals surface area contributed by atoms with E-state index in [0.717, 1.165) is 6.42 Å². The van der Waals surface area contributed by atoms with E-state index in [2.05, 4.69) is 16.9 Å². The number of fused-ring (bicyclic) bond motifs is 1. The molecular weight excluding hydrogens is 274 g/mol. The van der Waals surface area contributed by atoms with Crippen LogP contribution in [0.25, 0.3) is 0 Å². The summed E-state index contributed by atoms with van der Waals surface area (Å²) >= 11 is 0. The number of rotatable bonds is 5.